The molecule has 0 N–H and O–H groups in total. The maximum Gasteiger partial charge on any atom is 0.189 e. The van der Waals surface area contributed by atoms with Crippen LogP contribution in [-0.2, 0) is 13.0 Å². The van der Waals surface area contributed by atoms with Gasteiger partial charge in [0.2, 0.25) is 0 Å². The van der Waals surface area contributed by atoms with Gasteiger partial charge in [0, 0.05) is 22.9 Å². The minimum Gasteiger partial charge on any atom is -0.487 e. The van der Waals surface area contributed by atoms with Gasteiger partial charge < -0.3 is 4.74 Å². The van der Waals surface area contributed by atoms with Gasteiger partial charge in [-0.1, -0.05) is 36.4 Å². The van der Waals surface area contributed by atoms with Crippen LogP contribution in [0.3, 0.4) is 0 Å². The molecule has 118 valence electrons. The van der Waals surface area contributed by atoms with Crippen molar-refractivity contribution in [2.45, 2.75) is 13.0 Å². The van der Waals surface area contributed by atoms with E-state index in [9.17, 15) is 4.79 Å². The number of Topliss-reactive ketones (excluding diaryl/α,β-unsaturated/α-hetero) is 1. The number of thiazole rings is 1. The zero-order chi connectivity index (χ0) is 16.4. The van der Waals surface area contributed by atoms with Crippen LogP contribution in [0.25, 0.3) is 6.08 Å². The molecule has 0 bridgehead atoms. The molecule has 0 radical (unpaired) electrons. The zero-order valence-electron chi connectivity index (χ0n) is 12.9. The number of aromatic nitrogens is 1. The van der Waals surface area contributed by atoms with E-state index in [4.69, 9.17) is 4.74 Å². The largest absolute Gasteiger partial charge is 0.487 e. The van der Waals surface area contributed by atoms with Crippen molar-refractivity contribution < 1.29 is 9.53 Å². The summed E-state index contributed by atoms with van der Waals surface area (Å²) >= 11 is 1.56. The van der Waals surface area contributed by atoms with Gasteiger partial charge in [-0.15, -0.1) is 11.3 Å². The number of ether oxygens (including phenoxy) is 1. The summed E-state index contributed by atoms with van der Waals surface area (Å²) in [6.07, 6.45) is 2.67. The lowest BCUT2D eigenvalue weighted by Gasteiger charge is -2.04. The van der Waals surface area contributed by atoms with Gasteiger partial charge in [0.1, 0.15) is 12.4 Å². The third-order valence-electron chi connectivity index (χ3n) is 4.03. The highest BCUT2D eigenvalue weighted by atomic mass is 32.1. The second-order valence-electron chi connectivity index (χ2n) is 5.67. The van der Waals surface area contributed by atoms with E-state index in [0.717, 1.165) is 33.7 Å². The Hall–Kier alpha value is -2.72. The summed E-state index contributed by atoms with van der Waals surface area (Å²) < 4.78 is 5.70. The predicted molar refractivity (Wildman–Crippen MR) is 95.3 cm³/mol. The molecule has 1 aliphatic carbocycles. The van der Waals surface area contributed by atoms with Crippen molar-refractivity contribution in [3.8, 4) is 5.75 Å². The highest BCUT2D eigenvalue weighted by Gasteiger charge is 2.23. The fraction of sp³-hybridized carbons (Fsp3) is 0.100. The van der Waals surface area contributed by atoms with Gasteiger partial charge in [0.25, 0.3) is 0 Å². The number of nitrogens with zero attached hydrogens (tertiary/aromatic N) is 1. The third kappa shape index (κ3) is 3.01. The van der Waals surface area contributed by atoms with E-state index in [-0.39, 0.29) is 5.78 Å². The third-order valence-corrected chi connectivity index (χ3v) is 4.66. The Morgan fingerprint density at radius 1 is 1.12 bits per heavy atom. The van der Waals surface area contributed by atoms with Crippen molar-refractivity contribution >= 4 is 23.2 Å². The normalized spacial score (nSPS) is 14.8. The second kappa shape index (κ2) is 6.42. The Morgan fingerprint density at radius 3 is 2.71 bits per heavy atom. The van der Waals surface area contributed by atoms with E-state index in [0.29, 0.717) is 13.0 Å². The van der Waals surface area contributed by atoms with Crippen molar-refractivity contribution in [1.82, 2.24) is 4.98 Å². The first-order valence-corrected chi connectivity index (χ1v) is 8.67. The van der Waals surface area contributed by atoms with Gasteiger partial charge >= 0.3 is 0 Å². The molecule has 0 atom stereocenters. The topological polar surface area (TPSA) is 39.2 Å². The number of rotatable bonds is 4. The first-order valence-electron chi connectivity index (χ1n) is 7.73. The first-order chi connectivity index (χ1) is 11.8. The van der Waals surface area contributed by atoms with Crippen molar-refractivity contribution in [2.24, 2.45) is 0 Å². The molecule has 24 heavy (non-hydrogen) atoms. The Labute approximate surface area is 144 Å². The molecule has 1 aromatic heterocycles. The summed E-state index contributed by atoms with van der Waals surface area (Å²) in [5, 5.41) is 1.97. The monoisotopic (exact) mass is 333 g/mol. The Morgan fingerprint density at radius 2 is 1.96 bits per heavy atom. The van der Waals surface area contributed by atoms with Gasteiger partial charge in [-0.25, -0.2) is 4.98 Å². The molecular formula is C20H15NO2S. The van der Waals surface area contributed by atoms with Gasteiger partial charge in [0.15, 0.2) is 5.78 Å². The molecule has 4 rings (SSSR count). The Balaban J connectivity index is 1.47. The SMILES string of the molecule is O=C1/C(=C/c2ccc(OCc3cscn3)cc2)Cc2ccccc21. The molecule has 0 saturated heterocycles. The molecule has 0 amide bonds. The maximum absolute atomic E-state index is 12.4. The van der Waals surface area contributed by atoms with Crippen molar-refractivity contribution in [1.29, 1.82) is 0 Å². The van der Waals surface area contributed by atoms with Crippen molar-refractivity contribution in [3.63, 3.8) is 0 Å². The number of carbonyl (C=O) groups excluding carboxylic acids is 1. The lowest BCUT2D eigenvalue weighted by atomic mass is 10.1. The Kier molecular flexibility index (Phi) is 3.97. The molecule has 4 heteroatoms. The lowest BCUT2D eigenvalue weighted by molar-refractivity contribution is 0.104. The van der Waals surface area contributed by atoms with Gasteiger partial charge in [-0.05, 0) is 29.3 Å². The minimum atomic E-state index is 0.134. The summed E-state index contributed by atoms with van der Waals surface area (Å²) in [7, 11) is 0. The van der Waals surface area contributed by atoms with E-state index in [2.05, 4.69) is 4.98 Å². The van der Waals surface area contributed by atoms with Crippen LogP contribution in [0.15, 0.2) is 65.0 Å². The van der Waals surface area contributed by atoms with E-state index in [1.165, 1.54) is 0 Å². The van der Waals surface area contributed by atoms with Crippen molar-refractivity contribution in [2.75, 3.05) is 0 Å². The summed E-state index contributed by atoms with van der Waals surface area (Å²) in [6.45, 7) is 0.470. The number of hydrogen-bond donors (Lipinski definition) is 0. The maximum atomic E-state index is 12.4. The molecule has 1 aliphatic rings. The molecule has 0 unspecified atom stereocenters. The minimum absolute atomic E-state index is 0.134. The predicted octanol–water partition coefficient (Wildman–Crippen LogP) is 4.54. The van der Waals surface area contributed by atoms with Crippen LogP contribution in [0.1, 0.15) is 27.2 Å². The standard InChI is InChI=1S/C20H15NO2S/c22-20-16(10-15-3-1-2-4-19(15)20)9-14-5-7-18(8-6-14)23-11-17-12-24-13-21-17/h1-9,12-13H,10-11H2/b16-9+. The first kappa shape index (κ1) is 14.8. The van der Waals surface area contributed by atoms with Gasteiger partial charge in [-0.2, -0.15) is 0 Å². The average molecular weight is 333 g/mol. The van der Waals surface area contributed by atoms with Crippen LogP contribution in [0.5, 0.6) is 5.75 Å². The summed E-state index contributed by atoms with van der Waals surface area (Å²) in [5.74, 6) is 0.931. The smallest absolute Gasteiger partial charge is 0.189 e. The molecule has 0 spiro atoms. The molecule has 0 aliphatic heterocycles. The number of ketones is 1. The lowest BCUT2D eigenvalue weighted by Crippen LogP contribution is -1.96. The van der Waals surface area contributed by atoms with Crippen LogP contribution in [0.4, 0.5) is 0 Å². The molecule has 2 aromatic carbocycles. The van der Waals surface area contributed by atoms with E-state index in [1.54, 1.807) is 16.8 Å². The van der Waals surface area contributed by atoms with Gasteiger partial charge in [0.05, 0.1) is 11.2 Å². The summed E-state index contributed by atoms with van der Waals surface area (Å²) in [4.78, 5) is 16.6. The number of hydrogen-bond acceptors (Lipinski definition) is 4. The Bertz CT molecular complexity index is 896. The molecule has 0 saturated carbocycles. The van der Waals surface area contributed by atoms with Crippen LogP contribution in [0, 0.1) is 0 Å². The molecule has 0 fully saturated rings. The van der Waals surface area contributed by atoms with E-state index >= 15 is 0 Å². The second-order valence-corrected chi connectivity index (χ2v) is 6.39. The zero-order valence-corrected chi connectivity index (χ0v) is 13.8. The number of allylic oxidation sites excluding steroid dienone is 1. The quantitative estimate of drug-likeness (QED) is 0.658. The van der Waals surface area contributed by atoms with Gasteiger partial charge in [-0.3, -0.25) is 4.79 Å². The number of carbonyl (C=O) groups is 1. The van der Waals surface area contributed by atoms with E-state index < -0.39 is 0 Å². The molecule has 3 aromatic rings. The highest BCUT2D eigenvalue weighted by Crippen LogP contribution is 2.27. The number of benzene rings is 2. The van der Waals surface area contributed by atoms with Crippen LogP contribution in [0.2, 0.25) is 0 Å². The molecule has 3 nitrogen and oxygen atoms in total. The van der Waals surface area contributed by atoms with E-state index in [1.807, 2.05) is 60.0 Å². The van der Waals surface area contributed by atoms with Crippen molar-refractivity contribution in [3.05, 3.63) is 87.4 Å². The summed E-state index contributed by atoms with van der Waals surface area (Å²) in [5.41, 5.74) is 6.51. The number of fused-ring (bicyclic) bond motifs is 1. The fourth-order valence-electron chi connectivity index (χ4n) is 2.80. The fourth-order valence-corrected chi connectivity index (χ4v) is 3.34. The molecule has 1 heterocycles. The molecular weight excluding hydrogens is 318 g/mol. The van der Waals surface area contributed by atoms with Crippen LogP contribution in [-0.4, -0.2) is 10.8 Å². The van der Waals surface area contributed by atoms with Crippen LogP contribution < -0.4 is 4.74 Å². The van der Waals surface area contributed by atoms with Crippen LogP contribution >= 0.6 is 11.3 Å². The average Bonchev–Trinajstić information content (AvgIpc) is 3.24. The summed E-state index contributed by atoms with van der Waals surface area (Å²) in [6, 6.07) is 15.6. The highest BCUT2D eigenvalue weighted by molar-refractivity contribution is 7.07.